The predicted molar refractivity (Wildman–Crippen MR) is 107 cm³/mol. The first-order chi connectivity index (χ1) is 13.8. The van der Waals surface area contributed by atoms with Crippen LogP contribution < -0.4 is 11.3 Å². The number of H-pyrrole nitrogens is 1. The van der Waals surface area contributed by atoms with Crippen LogP contribution in [0, 0.1) is 17.5 Å². The summed E-state index contributed by atoms with van der Waals surface area (Å²) in [6.07, 6.45) is 1.13. The summed E-state index contributed by atoms with van der Waals surface area (Å²) in [6, 6.07) is 6.39. The molecule has 0 unspecified atom stereocenters. The van der Waals surface area contributed by atoms with Crippen LogP contribution in [0.1, 0.15) is 17.8 Å². The first-order valence-electron chi connectivity index (χ1n) is 8.13. The fraction of sp³-hybridized carbons (Fsp3) is 0.0500. The summed E-state index contributed by atoms with van der Waals surface area (Å²) >= 11 is 6.17. The number of carbonyl (C=O) groups excluding carboxylic acids is 1. The van der Waals surface area contributed by atoms with Gasteiger partial charge in [-0.05, 0) is 30.3 Å². The number of nitrogens with two attached hydrogens (primary N) is 1. The number of carbonyl (C=O) groups is 1. The molecule has 0 spiro atoms. The summed E-state index contributed by atoms with van der Waals surface area (Å²) in [5, 5.41) is 3.79. The Balaban J connectivity index is 0.00000256. The molecule has 0 radical (unpaired) electrons. The fourth-order valence-corrected chi connectivity index (χ4v) is 3.25. The van der Waals surface area contributed by atoms with E-state index in [2.05, 4.69) is 10.1 Å². The molecule has 3 N–H and O–H groups in total. The highest BCUT2D eigenvalue weighted by molar-refractivity contribution is 6.35. The molecule has 2 heterocycles. The topological polar surface area (TPSA) is 93.8 Å². The van der Waals surface area contributed by atoms with Crippen molar-refractivity contribution in [3.63, 3.8) is 0 Å². The Bertz CT molecular complexity index is 1340. The fourth-order valence-electron chi connectivity index (χ4n) is 3.02. The number of benzene rings is 2. The van der Waals surface area contributed by atoms with E-state index in [0.717, 1.165) is 47.3 Å². The molecule has 6 nitrogen and oxygen atoms in total. The lowest BCUT2D eigenvalue weighted by molar-refractivity contribution is 0.100. The summed E-state index contributed by atoms with van der Waals surface area (Å²) in [4.78, 5) is 26.3. The number of fused-ring (bicyclic) bond motifs is 1. The van der Waals surface area contributed by atoms with E-state index in [1.807, 2.05) is 0 Å². The highest BCUT2D eigenvalue weighted by Gasteiger charge is 2.24. The van der Waals surface area contributed by atoms with Crippen molar-refractivity contribution in [3.05, 3.63) is 81.0 Å². The number of pyridine rings is 1. The van der Waals surface area contributed by atoms with Crippen LogP contribution in [0.2, 0.25) is 5.02 Å². The molecule has 10 heteroatoms. The quantitative estimate of drug-likeness (QED) is 0.506. The largest absolute Gasteiger partial charge is 0.366 e. The monoisotopic (exact) mass is 434 g/mol. The third kappa shape index (κ3) is 3.22. The number of nitrogens with zero attached hydrogens (tertiary/aromatic N) is 2. The van der Waals surface area contributed by atoms with Gasteiger partial charge in [-0.1, -0.05) is 25.1 Å². The minimum absolute atomic E-state index is 0. The predicted octanol–water partition coefficient (Wildman–Crippen LogP) is 4.19. The molecule has 2 aromatic carbocycles. The van der Waals surface area contributed by atoms with Crippen LogP contribution in [0.3, 0.4) is 0 Å². The van der Waals surface area contributed by atoms with E-state index in [1.165, 1.54) is 0 Å². The molecule has 0 saturated carbocycles. The Hall–Kier alpha value is -3.59. The average molecular weight is 435 g/mol. The van der Waals surface area contributed by atoms with Gasteiger partial charge in [-0.25, -0.2) is 17.9 Å². The number of amides is 1. The number of halogens is 4. The van der Waals surface area contributed by atoms with Crippen molar-refractivity contribution < 1.29 is 18.0 Å². The highest BCUT2D eigenvalue weighted by atomic mass is 35.5. The van der Waals surface area contributed by atoms with Gasteiger partial charge in [0.25, 0.3) is 5.56 Å². The molecular formula is C20H14ClF3N4O2. The molecule has 30 heavy (non-hydrogen) atoms. The van der Waals surface area contributed by atoms with Crippen LogP contribution in [0.15, 0.2) is 47.4 Å². The highest BCUT2D eigenvalue weighted by Crippen LogP contribution is 2.34. The van der Waals surface area contributed by atoms with E-state index in [0.29, 0.717) is 0 Å². The second-order valence-electron chi connectivity index (χ2n) is 6.08. The number of hydrogen-bond acceptors (Lipinski definition) is 3. The van der Waals surface area contributed by atoms with Crippen molar-refractivity contribution in [1.29, 1.82) is 0 Å². The van der Waals surface area contributed by atoms with E-state index in [4.69, 9.17) is 17.3 Å². The van der Waals surface area contributed by atoms with Crippen LogP contribution >= 0.6 is 11.6 Å². The van der Waals surface area contributed by atoms with Gasteiger partial charge in [0.1, 0.15) is 22.7 Å². The lowest BCUT2D eigenvalue weighted by Crippen LogP contribution is -2.11. The Morgan fingerprint density at radius 2 is 1.77 bits per heavy atom. The number of para-hydroxylation sites is 1. The second kappa shape index (κ2) is 7.68. The van der Waals surface area contributed by atoms with Gasteiger partial charge in [-0.3, -0.25) is 9.59 Å². The zero-order valence-electron chi connectivity index (χ0n) is 14.3. The molecule has 4 rings (SSSR count). The molecule has 0 atom stereocenters. The second-order valence-corrected chi connectivity index (χ2v) is 6.49. The zero-order chi connectivity index (χ0) is 20.9. The van der Waals surface area contributed by atoms with Gasteiger partial charge >= 0.3 is 0 Å². The molecule has 0 aliphatic rings. The Morgan fingerprint density at radius 3 is 2.40 bits per heavy atom. The standard InChI is InChI=1S/C19H10ClF3N4O2.CH4/c20-10-7-25-19(29)14-15(9-6-8(18(24)28)4-5-11(9)21)26-27(16(10)14)17-12(22)2-1-3-13(17)23;/h1-7H,(H2,24,28)(H,25,29);1H4. The number of rotatable bonds is 3. The van der Waals surface area contributed by atoms with Crippen molar-refractivity contribution in [1.82, 2.24) is 14.8 Å². The summed E-state index contributed by atoms with van der Waals surface area (Å²) in [7, 11) is 0. The van der Waals surface area contributed by atoms with E-state index < -0.39 is 34.6 Å². The van der Waals surface area contributed by atoms with Crippen LogP contribution in [0.5, 0.6) is 0 Å². The SMILES string of the molecule is C.NC(=O)c1ccc(F)c(-c2nn(-c3c(F)cccc3F)c3c(Cl)c[nH]c(=O)c23)c1. The average Bonchev–Trinajstić information content (AvgIpc) is 3.06. The molecule has 0 saturated heterocycles. The zero-order valence-corrected chi connectivity index (χ0v) is 15.1. The van der Waals surface area contributed by atoms with Gasteiger partial charge in [0.05, 0.1) is 10.4 Å². The van der Waals surface area contributed by atoms with Crippen LogP contribution in [0.25, 0.3) is 27.8 Å². The lowest BCUT2D eigenvalue weighted by atomic mass is 10.0. The first kappa shape index (κ1) is 21.1. The maximum absolute atomic E-state index is 14.6. The van der Waals surface area contributed by atoms with Gasteiger partial charge in [0, 0.05) is 17.3 Å². The molecule has 2 aromatic heterocycles. The number of primary amides is 1. The minimum Gasteiger partial charge on any atom is -0.366 e. The number of aromatic nitrogens is 3. The van der Waals surface area contributed by atoms with Gasteiger partial charge in [-0.15, -0.1) is 0 Å². The van der Waals surface area contributed by atoms with Crippen molar-refractivity contribution in [3.8, 4) is 16.9 Å². The molecule has 0 bridgehead atoms. The first-order valence-corrected chi connectivity index (χ1v) is 8.51. The molecule has 1 amide bonds. The molecule has 0 aliphatic carbocycles. The van der Waals surface area contributed by atoms with Crippen molar-refractivity contribution in [2.24, 2.45) is 5.73 Å². The molecule has 154 valence electrons. The van der Waals surface area contributed by atoms with E-state index in [-0.39, 0.29) is 40.2 Å². The van der Waals surface area contributed by atoms with E-state index in [1.54, 1.807) is 0 Å². The van der Waals surface area contributed by atoms with Crippen molar-refractivity contribution >= 4 is 28.4 Å². The summed E-state index contributed by atoms with van der Waals surface area (Å²) in [5.74, 6) is -3.59. The minimum atomic E-state index is -0.969. The summed E-state index contributed by atoms with van der Waals surface area (Å²) in [6.45, 7) is 0. The maximum atomic E-state index is 14.6. The normalized spacial score (nSPS) is 10.8. The molecule has 0 aliphatic heterocycles. The third-order valence-corrected chi connectivity index (χ3v) is 4.61. The Morgan fingerprint density at radius 1 is 1.10 bits per heavy atom. The number of nitrogens with one attached hydrogen (secondary N) is 1. The van der Waals surface area contributed by atoms with Crippen molar-refractivity contribution in [2.75, 3.05) is 0 Å². The lowest BCUT2D eigenvalue weighted by Gasteiger charge is -2.07. The van der Waals surface area contributed by atoms with Gasteiger partial charge in [0.15, 0.2) is 11.6 Å². The van der Waals surface area contributed by atoms with Gasteiger partial charge in [-0.2, -0.15) is 5.10 Å². The smallest absolute Gasteiger partial charge is 0.259 e. The van der Waals surface area contributed by atoms with Crippen LogP contribution in [-0.4, -0.2) is 20.7 Å². The van der Waals surface area contributed by atoms with Crippen molar-refractivity contribution in [2.45, 2.75) is 7.43 Å². The van der Waals surface area contributed by atoms with Crippen LogP contribution in [-0.2, 0) is 0 Å². The third-order valence-electron chi connectivity index (χ3n) is 4.32. The van der Waals surface area contributed by atoms with Gasteiger partial charge < -0.3 is 10.7 Å². The molecule has 4 aromatic rings. The Labute approximate surface area is 172 Å². The van der Waals surface area contributed by atoms with E-state index >= 15 is 0 Å². The van der Waals surface area contributed by atoms with E-state index in [9.17, 15) is 22.8 Å². The maximum Gasteiger partial charge on any atom is 0.259 e. The summed E-state index contributed by atoms with van der Waals surface area (Å²) in [5.41, 5.74) is 3.25. The number of aromatic amines is 1. The van der Waals surface area contributed by atoms with Crippen LogP contribution in [0.4, 0.5) is 13.2 Å². The van der Waals surface area contributed by atoms with Gasteiger partial charge in [0.2, 0.25) is 5.91 Å². The Kier molecular flexibility index (Phi) is 5.41. The number of hydrogen-bond donors (Lipinski definition) is 2. The summed E-state index contributed by atoms with van der Waals surface area (Å²) < 4.78 is 44.1. The molecular weight excluding hydrogens is 421 g/mol. The molecule has 0 fully saturated rings.